The number of likely N-dealkylation sites (tertiary alicyclic amines) is 1. The Bertz CT molecular complexity index is 1280. The van der Waals surface area contributed by atoms with Gasteiger partial charge in [0.05, 0.1) is 29.9 Å². The van der Waals surface area contributed by atoms with E-state index in [0.29, 0.717) is 35.2 Å². The summed E-state index contributed by atoms with van der Waals surface area (Å²) in [6.45, 7) is 12.9. The molecule has 2 aliphatic heterocycles. The van der Waals surface area contributed by atoms with Crippen molar-refractivity contribution in [3.05, 3.63) is 29.4 Å². The molecule has 2 bridgehead atoms. The maximum atomic E-state index is 13.0. The van der Waals surface area contributed by atoms with Crippen LogP contribution >= 0.6 is 11.6 Å². The van der Waals surface area contributed by atoms with Crippen molar-refractivity contribution in [1.82, 2.24) is 20.2 Å². The normalized spacial score (nSPS) is 28.6. The molecule has 4 atom stereocenters. The van der Waals surface area contributed by atoms with Crippen molar-refractivity contribution in [3.8, 4) is 5.75 Å². The zero-order valence-electron chi connectivity index (χ0n) is 24.8. The third kappa shape index (κ3) is 5.31. The van der Waals surface area contributed by atoms with Crippen LogP contribution in [0.15, 0.2) is 24.4 Å². The largest absolute Gasteiger partial charge is 0.489 e. The predicted molar refractivity (Wildman–Crippen MR) is 164 cm³/mol. The van der Waals surface area contributed by atoms with Gasteiger partial charge in [0.1, 0.15) is 17.4 Å². The van der Waals surface area contributed by atoms with Gasteiger partial charge >= 0.3 is 0 Å². The van der Waals surface area contributed by atoms with E-state index in [1.54, 1.807) is 13.2 Å². The number of carbonyl (C=O) groups is 1. The van der Waals surface area contributed by atoms with Crippen LogP contribution in [-0.4, -0.2) is 72.7 Å². The smallest absolute Gasteiger partial charge is 0.229 e. The van der Waals surface area contributed by atoms with Crippen LogP contribution in [0, 0.1) is 23.2 Å². The van der Waals surface area contributed by atoms with Gasteiger partial charge in [-0.05, 0) is 75.1 Å². The van der Waals surface area contributed by atoms with Crippen LogP contribution in [0.2, 0.25) is 5.02 Å². The minimum atomic E-state index is -0.481. The van der Waals surface area contributed by atoms with Crippen molar-refractivity contribution >= 4 is 40.6 Å². The van der Waals surface area contributed by atoms with E-state index in [2.05, 4.69) is 57.6 Å². The highest BCUT2D eigenvalue weighted by Gasteiger charge is 2.64. The predicted octanol–water partition coefficient (Wildman–Crippen LogP) is 5.16. The Balaban J connectivity index is 1.18. The van der Waals surface area contributed by atoms with Crippen LogP contribution in [0.25, 0.3) is 0 Å². The topological polar surface area (TPSA) is 94.6 Å². The summed E-state index contributed by atoms with van der Waals surface area (Å²) in [6, 6.07) is 6.19. The first-order valence-electron chi connectivity index (χ1n) is 15.2. The number of fused-ring (bicyclic) bond motifs is 3. The van der Waals surface area contributed by atoms with E-state index < -0.39 is 5.54 Å². The van der Waals surface area contributed by atoms with E-state index in [-0.39, 0.29) is 17.2 Å². The molecule has 9 nitrogen and oxygen atoms in total. The zero-order chi connectivity index (χ0) is 28.8. The van der Waals surface area contributed by atoms with Crippen molar-refractivity contribution in [1.29, 1.82) is 0 Å². The fourth-order valence-corrected chi connectivity index (χ4v) is 8.00. The SMILES string of the molecule is CNC(=O)[C@H]1C[C@@H]2C[C@H](C2(C)C)[C@@]1(C)Nc1nc(Nc2ccc3c(c2)OCCN3CCN2CCCCC2)ncc1Cl. The van der Waals surface area contributed by atoms with E-state index in [1.165, 1.54) is 32.4 Å². The number of nitrogens with one attached hydrogen (secondary N) is 3. The Hall–Kier alpha value is -2.78. The number of anilines is 4. The van der Waals surface area contributed by atoms with Gasteiger partial charge in [-0.25, -0.2) is 4.98 Å². The van der Waals surface area contributed by atoms with Crippen LogP contribution in [0.5, 0.6) is 5.75 Å². The highest BCUT2D eigenvalue weighted by molar-refractivity contribution is 6.32. The number of rotatable bonds is 8. The van der Waals surface area contributed by atoms with Gasteiger partial charge in [0.25, 0.3) is 0 Å². The number of amides is 1. The van der Waals surface area contributed by atoms with Crippen LogP contribution in [0.1, 0.15) is 52.9 Å². The van der Waals surface area contributed by atoms with Crippen molar-refractivity contribution in [2.75, 3.05) is 61.9 Å². The van der Waals surface area contributed by atoms with Gasteiger partial charge in [-0.3, -0.25) is 4.79 Å². The molecule has 2 aromatic rings. The molecule has 4 fully saturated rings. The second-order valence-electron chi connectivity index (χ2n) is 13.1. The molecule has 0 unspecified atom stereocenters. The average molecular weight is 582 g/mol. The van der Waals surface area contributed by atoms with Gasteiger partial charge in [-0.15, -0.1) is 0 Å². The zero-order valence-corrected chi connectivity index (χ0v) is 25.6. The molecule has 1 aromatic heterocycles. The van der Waals surface area contributed by atoms with Crippen molar-refractivity contribution in [2.45, 2.75) is 58.4 Å². The van der Waals surface area contributed by atoms with E-state index in [4.69, 9.17) is 21.3 Å². The second-order valence-corrected chi connectivity index (χ2v) is 13.5. The number of ether oxygens (including phenoxy) is 1. The molecule has 7 rings (SSSR count). The fourth-order valence-electron chi connectivity index (χ4n) is 7.87. The van der Waals surface area contributed by atoms with Crippen LogP contribution in [-0.2, 0) is 4.79 Å². The summed E-state index contributed by atoms with van der Waals surface area (Å²) in [5.41, 5.74) is 1.65. The first kappa shape index (κ1) is 28.3. The number of aromatic nitrogens is 2. The van der Waals surface area contributed by atoms with Crippen molar-refractivity contribution < 1.29 is 9.53 Å². The van der Waals surface area contributed by atoms with Gasteiger partial charge in [-0.1, -0.05) is 31.9 Å². The number of carbonyl (C=O) groups excluding carboxylic acids is 1. The molecular formula is C31H44ClN7O2. The lowest BCUT2D eigenvalue weighted by atomic mass is 9.40. The maximum absolute atomic E-state index is 13.0. The van der Waals surface area contributed by atoms with Crippen LogP contribution < -0.4 is 25.6 Å². The lowest BCUT2D eigenvalue weighted by Gasteiger charge is -2.66. The third-order valence-electron chi connectivity index (χ3n) is 10.4. The molecule has 1 saturated heterocycles. The first-order chi connectivity index (χ1) is 19.7. The minimum absolute atomic E-state index is 0.0627. The summed E-state index contributed by atoms with van der Waals surface area (Å²) in [5, 5.41) is 10.3. The van der Waals surface area contributed by atoms with Crippen LogP contribution in [0.3, 0.4) is 0 Å². The van der Waals surface area contributed by atoms with Crippen molar-refractivity contribution in [2.24, 2.45) is 23.2 Å². The third-order valence-corrected chi connectivity index (χ3v) is 10.7. The van der Waals surface area contributed by atoms with Crippen LogP contribution in [0.4, 0.5) is 23.1 Å². The quantitative estimate of drug-likeness (QED) is 0.394. The number of hydrogen-bond donors (Lipinski definition) is 3. The van der Waals surface area contributed by atoms with Gasteiger partial charge in [0, 0.05) is 31.9 Å². The molecule has 3 saturated carbocycles. The molecule has 222 valence electrons. The lowest BCUT2D eigenvalue weighted by Crippen LogP contribution is -2.69. The molecule has 0 radical (unpaired) electrons. The van der Waals surface area contributed by atoms with E-state index in [1.807, 2.05) is 12.1 Å². The number of halogens is 1. The molecule has 3 aliphatic carbocycles. The molecule has 41 heavy (non-hydrogen) atoms. The van der Waals surface area contributed by atoms with E-state index in [0.717, 1.165) is 49.6 Å². The molecule has 10 heteroatoms. The fraction of sp³-hybridized carbons (Fsp3) is 0.645. The summed E-state index contributed by atoms with van der Waals surface area (Å²) in [5.74, 6) is 2.63. The number of benzene rings is 1. The Morgan fingerprint density at radius 2 is 1.93 bits per heavy atom. The summed E-state index contributed by atoms with van der Waals surface area (Å²) in [4.78, 5) is 27.2. The molecule has 3 heterocycles. The molecule has 1 amide bonds. The number of nitrogens with zero attached hydrogens (tertiary/aromatic N) is 4. The molecule has 5 aliphatic rings. The lowest BCUT2D eigenvalue weighted by molar-refractivity contribution is -0.155. The standard InChI is InChI=1S/C31H44ClN7O2/c1-30(2)20-16-22(28(40)33-4)31(3,26(30)17-20)37-27-23(32)19-34-29(36-27)35-21-8-9-24-25(18-21)41-15-14-39(24)13-12-38-10-6-5-7-11-38/h8-9,18-20,22,26H,5-7,10-17H2,1-4H3,(H,33,40)(H2,34,35,36,37)/t20-,22-,26-,31+/m1/s1. The van der Waals surface area contributed by atoms with Crippen molar-refractivity contribution in [3.63, 3.8) is 0 Å². The summed E-state index contributed by atoms with van der Waals surface area (Å²) >= 11 is 6.63. The number of piperidine rings is 1. The van der Waals surface area contributed by atoms with Gasteiger partial charge in [-0.2, -0.15) is 4.98 Å². The highest BCUT2D eigenvalue weighted by Crippen LogP contribution is 2.65. The minimum Gasteiger partial charge on any atom is -0.489 e. The molecule has 3 N–H and O–H groups in total. The number of hydrogen-bond acceptors (Lipinski definition) is 8. The molecule has 1 aromatic carbocycles. The first-order valence-corrected chi connectivity index (χ1v) is 15.6. The van der Waals surface area contributed by atoms with Gasteiger partial charge in [0.15, 0.2) is 5.82 Å². The maximum Gasteiger partial charge on any atom is 0.229 e. The second kappa shape index (κ2) is 11.1. The van der Waals surface area contributed by atoms with E-state index in [9.17, 15) is 4.79 Å². The Morgan fingerprint density at radius 1 is 1.12 bits per heavy atom. The Labute approximate surface area is 248 Å². The van der Waals surface area contributed by atoms with Gasteiger partial charge < -0.3 is 30.5 Å². The van der Waals surface area contributed by atoms with Gasteiger partial charge in [0.2, 0.25) is 11.9 Å². The molecular weight excluding hydrogens is 538 g/mol. The molecule has 0 spiro atoms. The Kier molecular flexibility index (Phi) is 7.70. The average Bonchev–Trinajstić information content (AvgIpc) is 2.97. The monoisotopic (exact) mass is 581 g/mol. The summed E-state index contributed by atoms with van der Waals surface area (Å²) in [7, 11) is 1.71. The highest BCUT2D eigenvalue weighted by atomic mass is 35.5. The van der Waals surface area contributed by atoms with E-state index >= 15 is 0 Å². The summed E-state index contributed by atoms with van der Waals surface area (Å²) < 4.78 is 6.05. The Morgan fingerprint density at radius 3 is 2.68 bits per heavy atom. The summed E-state index contributed by atoms with van der Waals surface area (Å²) in [6.07, 6.45) is 7.55.